The van der Waals surface area contributed by atoms with Gasteiger partial charge in [-0.05, 0) is 24.6 Å². The third-order valence-electron chi connectivity index (χ3n) is 3.60. The molecule has 2 aromatic carbocycles. The van der Waals surface area contributed by atoms with Crippen molar-refractivity contribution in [1.29, 1.82) is 0 Å². The highest BCUT2D eigenvalue weighted by Crippen LogP contribution is 2.16. The second-order valence-corrected chi connectivity index (χ2v) is 7.59. The Morgan fingerprint density at radius 1 is 1.04 bits per heavy atom. The number of benzene rings is 2. The molecule has 0 aliphatic heterocycles. The molecule has 0 saturated heterocycles. The van der Waals surface area contributed by atoms with Crippen LogP contribution in [0, 0.1) is 6.92 Å². The van der Waals surface area contributed by atoms with Crippen molar-refractivity contribution in [2.45, 2.75) is 19.9 Å². The molecule has 0 fully saturated rings. The van der Waals surface area contributed by atoms with Crippen LogP contribution < -0.4 is 9.62 Å². The van der Waals surface area contributed by atoms with Gasteiger partial charge >= 0.3 is 0 Å². The van der Waals surface area contributed by atoms with Crippen LogP contribution >= 0.6 is 0 Å². The predicted molar refractivity (Wildman–Crippen MR) is 96.3 cm³/mol. The molecule has 6 heteroatoms. The zero-order valence-corrected chi connectivity index (χ0v) is 14.7. The van der Waals surface area contributed by atoms with Gasteiger partial charge in [0.15, 0.2) is 0 Å². The van der Waals surface area contributed by atoms with Gasteiger partial charge in [-0.15, -0.1) is 0 Å². The van der Waals surface area contributed by atoms with E-state index in [1.54, 1.807) is 24.3 Å². The van der Waals surface area contributed by atoms with Crippen LogP contribution in [0.3, 0.4) is 0 Å². The zero-order valence-electron chi connectivity index (χ0n) is 13.9. The van der Waals surface area contributed by atoms with E-state index in [1.807, 2.05) is 37.3 Å². The lowest BCUT2D eigenvalue weighted by Crippen LogP contribution is -2.34. The van der Waals surface area contributed by atoms with Gasteiger partial charge in [0.2, 0.25) is 15.9 Å². The van der Waals surface area contributed by atoms with Crippen molar-refractivity contribution in [2.75, 3.05) is 17.1 Å². The second-order valence-electron chi connectivity index (χ2n) is 5.68. The minimum Gasteiger partial charge on any atom is -0.352 e. The summed E-state index contributed by atoms with van der Waals surface area (Å²) in [7, 11) is -3.43. The van der Waals surface area contributed by atoms with E-state index in [9.17, 15) is 13.2 Å². The average Bonchev–Trinajstić information content (AvgIpc) is 2.54. The lowest BCUT2D eigenvalue weighted by Gasteiger charge is -2.22. The van der Waals surface area contributed by atoms with Crippen molar-refractivity contribution in [1.82, 2.24) is 5.32 Å². The van der Waals surface area contributed by atoms with Crippen LogP contribution in [0.5, 0.6) is 0 Å². The van der Waals surface area contributed by atoms with Crippen molar-refractivity contribution >= 4 is 21.6 Å². The highest BCUT2D eigenvalue weighted by atomic mass is 32.2. The molecule has 0 spiro atoms. The Hall–Kier alpha value is -2.34. The average molecular weight is 346 g/mol. The Kier molecular flexibility index (Phi) is 5.98. The number of nitrogens with one attached hydrogen (secondary N) is 1. The van der Waals surface area contributed by atoms with E-state index in [-0.39, 0.29) is 18.9 Å². The first-order valence-corrected chi connectivity index (χ1v) is 9.56. The first kappa shape index (κ1) is 18.0. The van der Waals surface area contributed by atoms with Crippen molar-refractivity contribution < 1.29 is 13.2 Å². The lowest BCUT2D eigenvalue weighted by molar-refractivity contribution is -0.121. The third kappa shape index (κ3) is 5.38. The number of aryl methyl sites for hydroxylation is 1. The number of para-hydroxylation sites is 1. The number of nitrogens with zero attached hydrogens (tertiary/aromatic N) is 1. The fourth-order valence-corrected chi connectivity index (χ4v) is 3.21. The summed E-state index contributed by atoms with van der Waals surface area (Å²) in [6.45, 7) is 2.55. The molecular weight excluding hydrogens is 324 g/mol. The van der Waals surface area contributed by atoms with Gasteiger partial charge in [-0.3, -0.25) is 9.10 Å². The van der Waals surface area contributed by atoms with Gasteiger partial charge < -0.3 is 5.32 Å². The van der Waals surface area contributed by atoms with Crippen molar-refractivity contribution in [3.05, 3.63) is 65.7 Å². The number of carbonyl (C=O) groups is 1. The number of rotatable bonds is 7. The molecule has 2 aromatic rings. The molecule has 0 saturated carbocycles. The highest BCUT2D eigenvalue weighted by molar-refractivity contribution is 7.92. The van der Waals surface area contributed by atoms with Crippen molar-refractivity contribution in [3.63, 3.8) is 0 Å². The number of sulfonamides is 1. The molecular formula is C18H22N2O3S. The number of carbonyl (C=O) groups excluding carboxylic acids is 1. The summed E-state index contributed by atoms with van der Waals surface area (Å²) in [5.74, 6) is -0.180. The van der Waals surface area contributed by atoms with E-state index in [0.717, 1.165) is 17.4 Å². The summed E-state index contributed by atoms with van der Waals surface area (Å²) >= 11 is 0. The number of hydrogen-bond acceptors (Lipinski definition) is 3. The van der Waals surface area contributed by atoms with E-state index in [2.05, 4.69) is 5.32 Å². The van der Waals surface area contributed by atoms with E-state index in [1.165, 1.54) is 4.31 Å². The largest absolute Gasteiger partial charge is 0.352 e. The summed E-state index contributed by atoms with van der Waals surface area (Å²) < 4.78 is 25.1. The number of amides is 1. The van der Waals surface area contributed by atoms with Crippen LogP contribution in [0.1, 0.15) is 17.5 Å². The third-order valence-corrected chi connectivity index (χ3v) is 4.79. The minimum atomic E-state index is -3.43. The summed E-state index contributed by atoms with van der Waals surface area (Å²) in [5, 5.41) is 2.82. The van der Waals surface area contributed by atoms with Crippen LogP contribution in [-0.2, 0) is 21.4 Å². The maximum absolute atomic E-state index is 12.0. The molecule has 0 aliphatic carbocycles. The number of hydrogen-bond donors (Lipinski definition) is 1. The van der Waals surface area contributed by atoms with Crippen LogP contribution in [0.15, 0.2) is 54.6 Å². The molecule has 24 heavy (non-hydrogen) atoms. The van der Waals surface area contributed by atoms with Gasteiger partial charge in [-0.1, -0.05) is 48.0 Å². The van der Waals surface area contributed by atoms with Crippen LogP contribution in [0.4, 0.5) is 5.69 Å². The Morgan fingerprint density at radius 2 is 1.67 bits per heavy atom. The first-order chi connectivity index (χ1) is 11.4. The van der Waals surface area contributed by atoms with Gasteiger partial charge in [-0.2, -0.15) is 0 Å². The molecule has 0 radical (unpaired) electrons. The minimum absolute atomic E-state index is 0.105. The fourth-order valence-electron chi connectivity index (χ4n) is 2.28. The summed E-state index contributed by atoms with van der Waals surface area (Å²) in [6.07, 6.45) is 1.25. The summed E-state index contributed by atoms with van der Waals surface area (Å²) in [4.78, 5) is 12.0. The zero-order chi connectivity index (χ0) is 17.6. The number of anilines is 1. The standard InChI is InChI=1S/C18H22N2O3S/c1-15-8-10-16(11-9-15)14-19-18(21)12-13-20(24(2,22)23)17-6-4-3-5-7-17/h3-11H,12-14H2,1-2H3,(H,19,21). The molecule has 0 atom stereocenters. The molecule has 0 aromatic heterocycles. The molecule has 5 nitrogen and oxygen atoms in total. The van der Waals surface area contributed by atoms with Crippen molar-refractivity contribution in [3.8, 4) is 0 Å². The summed E-state index contributed by atoms with van der Waals surface area (Å²) in [5.41, 5.74) is 2.74. The topological polar surface area (TPSA) is 66.5 Å². The monoisotopic (exact) mass is 346 g/mol. The van der Waals surface area contributed by atoms with E-state index >= 15 is 0 Å². The molecule has 0 aliphatic rings. The van der Waals surface area contributed by atoms with Crippen molar-refractivity contribution in [2.24, 2.45) is 0 Å². The molecule has 2 rings (SSSR count). The molecule has 1 N–H and O–H groups in total. The van der Waals surface area contributed by atoms with E-state index in [4.69, 9.17) is 0 Å². The molecule has 0 heterocycles. The smallest absolute Gasteiger partial charge is 0.232 e. The quantitative estimate of drug-likeness (QED) is 0.837. The SMILES string of the molecule is Cc1ccc(CNC(=O)CCN(c2ccccc2)S(C)(=O)=O)cc1. The van der Waals surface area contributed by atoms with Crippen LogP contribution in [0.2, 0.25) is 0 Å². The highest BCUT2D eigenvalue weighted by Gasteiger charge is 2.18. The maximum Gasteiger partial charge on any atom is 0.232 e. The Bertz CT molecular complexity index is 772. The summed E-state index contributed by atoms with van der Waals surface area (Å²) in [6, 6.07) is 16.7. The van der Waals surface area contributed by atoms with E-state index in [0.29, 0.717) is 12.2 Å². The van der Waals surface area contributed by atoms with Crippen LogP contribution in [0.25, 0.3) is 0 Å². The first-order valence-electron chi connectivity index (χ1n) is 7.71. The maximum atomic E-state index is 12.0. The second kappa shape index (κ2) is 7.97. The van der Waals surface area contributed by atoms with E-state index < -0.39 is 10.0 Å². The van der Waals surface area contributed by atoms with Gasteiger partial charge in [-0.25, -0.2) is 8.42 Å². The Morgan fingerprint density at radius 3 is 2.25 bits per heavy atom. The van der Waals surface area contributed by atoms with Gasteiger partial charge in [0, 0.05) is 19.5 Å². The molecule has 0 unspecified atom stereocenters. The van der Waals surface area contributed by atoms with Gasteiger partial charge in [0.1, 0.15) is 0 Å². The van der Waals surface area contributed by atoms with Gasteiger partial charge in [0.25, 0.3) is 0 Å². The van der Waals surface area contributed by atoms with Gasteiger partial charge in [0.05, 0.1) is 11.9 Å². The normalized spacial score (nSPS) is 11.1. The lowest BCUT2D eigenvalue weighted by atomic mass is 10.1. The Balaban J connectivity index is 1.92. The predicted octanol–water partition coefficient (Wildman–Crippen LogP) is 2.47. The molecule has 128 valence electrons. The molecule has 0 bridgehead atoms. The fraction of sp³-hybridized carbons (Fsp3) is 0.278. The molecule has 1 amide bonds. The Labute approximate surface area is 143 Å². The van der Waals surface area contributed by atoms with Crippen LogP contribution in [-0.4, -0.2) is 27.1 Å².